The maximum Gasteiger partial charge on any atom is 0.341 e. The van der Waals surface area contributed by atoms with Crippen LogP contribution >= 0.6 is 24.0 Å². The normalized spacial score (nSPS) is 18.1. The van der Waals surface area contributed by atoms with Gasteiger partial charge in [0, 0.05) is 5.56 Å². The van der Waals surface area contributed by atoms with Crippen LogP contribution in [0.3, 0.4) is 0 Å². The first-order valence-electron chi connectivity index (χ1n) is 8.68. The lowest BCUT2D eigenvalue weighted by atomic mass is 10.2. The second-order valence-electron chi connectivity index (χ2n) is 6.29. The van der Waals surface area contributed by atoms with Crippen LogP contribution < -0.4 is 10.2 Å². The third kappa shape index (κ3) is 4.31. The number of hydrogen-bond donors (Lipinski definition) is 2. The van der Waals surface area contributed by atoms with Crippen LogP contribution in [0.2, 0.25) is 0 Å². The van der Waals surface area contributed by atoms with E-state index < -0.39 is 28.5 Å². The second-order valence-corrected chi connectivity index (χ2v) is 9.54. The van der Waals surface area contributed by atoms with Crippen molar-refractivity contribution in [3.63, 3.8) is 0 Å². The molecular formula is C19H13N3O6S3. The fourth-order valence-electron chi connectivity index (χ4n) is 2.85. The molecule has 31 heavy (non-hydrogen) atoms. The van der Waals surface area contributed by atoms with Crippen molar-refractivity contribution in [2.45, 2.75) is 4.90 Å². The maximum absolute atomic E-state index is 12.9. The summed E-state index contributed by atoms with van der Waals surface area (Å²) >= 11 is 6.30. The number of carboxylic acids is 1. The van der Waals surface area contributed by atoms with Crippen molar-refractivity contribution in [3.05, 3.63) is 64.6 Å². The van der Waals surface area contributed by atoms with Crippen LogP contribution in [0, 0.1) is 0 Å². The third-order valence-corrected chi connectivity index (χ3v) is 6.80. The summed E-state index contributed by atoms with van der Waals surface area (Å²) in [6, 6.07) is 12.9. The van der Waals surface area contributed by atoms with Gasteiger partial charge in [0.15, 0.2) is 16.8 Å². The summed E-state index contributed by atoms with van der Waals surface area (Å²) in [6.07, 6.45) is 1.58. The van der Waals surface area contributed by atoms with Gasteiger partial charge in [-0.05, 0) is 48.1 Å². The average molecular weight is 476 g/mol. The Bertz CT molecular complexity index is 1290. The zero-order valence-electron chi connectivity index (χ0n) is 15.5. The molecule has 0 aromatic heterocycles. The van der Waals surface area contributed by atoms with Crippen LogP contribution in [0.15, 0.2) is 62.7 Å². The molecule has 9 nitrogen and oxygen atoms in total. The van der Waals surface area contributed by atoms with Gasteiger partial charge in [-0.15, -0.1) is 4.40 Å². The van der Waals surface area contributed by atoms with Crippen molar-refractivity contribution >= 4 is 62.1 Å². The van der Waals surface area contributed by atoms with Crippen LogP contribution in [-0.4, -0.2) is 47.2 Å². The summed E-state index contributed by atoms with van der Waals surface area (Å²) < 4.78 is 33.4. The molecule has 0 aliphatic carbocycles. The summed E-state index contributed by atoms with van der Waals surface area (Å²) in [5.74, 6) is -1.23. The van der Waals surface area contributed by atoms with E-state index in [0.717, 1.165) is 16.8 Å². The lowest BCUT2D eigenvalue weighted by Gasteiger charge is -2.16. The minimum Gasteiger partial charge on any atom is -0.482 e. The monoisotopic (exact) mass is 475 g/mol. The zero-order valence-corrected chi connectivity index (χ0v) is 18.0. The van der Waals surface area contributed by atoms with Gasteiger partial charge in [0.05, 0.1) is 4.91 Å². The van der Waals surface area contributed by atoms with Gasteiger partial charge in [0.1, 0.15) is 10.6 Å². The summed E-state index contributed by atoms with van der Waals surface area (Å²) in [6.45, 7) is -0.484. The number of benzene rings is 2. The van der Waals surface area contributed by atoms with E-state index in [1.807, 2.05) is 0 Å². The molecule has 158 valence electrons. The number of amides is 1. The number of ether oxygens (including phenoxy) is 1. The number of nitrogens with one attached hydrogen (secondary N) is 1. The first kappa shape index (κ1) is 21.0. The Morgan fingerprint density at radius 3 is 2.81 bits per heavy atom. The predicted octanol–water partition coefficient (Wildman–Crippen LogP) is 2.00. The van der Waals surface area contributed by atoms with Crippen molar-refractivity contribution in [2.24, 2.45) is 4.40 Å². The van der Waals surface area contributed by atoms with E-state index in [9.17, 15) is 18.0 Å². The number of carboxylic acid groups (broad SMARTS) is 1. The number of carbonyl (C=O) groups excluding carboxylic acids is 1. The molecule has 0 bridgehead atoms. The van der Waals surface area contributed by atoms with Crippen LogP contribution in [0.25, 0.3) is 6.08 Å². The fourth-order valence-corrected chi connectivity index (χ4v) is 5.20. The summed E-state index contributed by atoms with van der Waals surface area (Å²) in [4.78, 5) is 23.9. The molecule has 4 rings (SSSR count). The Morgan fingerprint density at radius 2 is 2.03 bits per heavy atom. The lowest BCUT2D eigenvalue weighted by molar-refractivity contribution is -0.139. The molecule has 0 atom stereocenters. The molecule has 2 aromatic rings. The van der Waals surface area contributed by atoms with Crippen LogP contribution in [0.1, 0.15) is 11.1 Å². The molecule has 2 aliphatic heterocycles. The molecular weight excluding hydrogens is 462 g/mol. The number of rotatable bonds is 5. The van der Waals surface area contributed by atoms with E-state index in [-0.39, 0.29) is 15.1 Å². The van der Waals surface area contributed by atoms with Crippen molar-refractivity contribution in [3.8, 4) is 5.75 Å². The number of thioether (sulfide) groups is 1. The molecule has 2 heterocycles. The number of aliphatic carboxylic acids is 1. The highest BCUT2D eigenvalue weighted by atomic mass is 32.2. The highest BCUT2D eigenvalue weighted by molar-refractivity contribution is 8.26. The van der Waals surface area contributed by atoms with Gasteiger partial charge in [-0.25, -0.2) is 4.79 Å². The molecule has 2 N–H and O–H groups in total. The van der Waals surface area contributed by atoms with E-state index in [0.29, 0.717) is 21.8 Å². The minimum atomic E-state index is -3.84. The summed E-state index contributed by atoms with van der Waals surface area (Å²) in [7, 11) is -3.84. The smallest absolute Gasteiger partial charge is 0.341 e. The predicted molar refractivity (Wildman–Crippen MR) is 118 cm³/mol. The summed E-state index contributed by atoms with van der Waals surface area (Å²) in [5.41, 5.74) is 3.67. The number of amidine groups is 1. The van der Waals surface area contributed by atoms with Crippen molar-refractivity contribution in [1.82, 2.24) is 10.4 Å². The second kappa shape index (κ2) is 8.13. The first-order chi connectivity index (χ1) is 14.7. The molecule has 1 amide bonds. The topological polar surface area (TPSA) is 125 Å². The Kier molecular flexibility index (Phi) is 5.52. The van der Waals surface area contributed by atoms with E-state index in [2.05, 4.69) is 9.82 Å². The highest BCUT2D eigenvalue weighted by Gasteiger charge is 2.36. The van der Waals surface area contributed by atoms with Gasteiger partial charge in [-0.1, -0.05) is 36.0 Å². The van der Waals surface area contributed by atoms with Crippen LogP contribution in [0.5, 0.6) is 5.75 Å². The largest absolute Gasteiger partial charge is 0.482 e. The minimum absolute atomic E-state index is 0.0113. The molecule has 1 fully saturated rings. The number of sulfonamides is 1. The Labute approximate surface area is 186 Å². The molecule has 0 saturated carbocycles. The molecule has 0 unspecified atom stereocenters. The van der Waals surface area contributed by atoms with Crippen molar-refractivity contribution in [1.29, 1.82) is 0 Å². The number of hydrogen-bond acceptors (Lipinski definition) is 8. The number of thiocarbonyl (C=S) groups is 1. The van der Waals surface area contributed by atoms with Gasteiger partial charge < -0.3 is 9.84 Å². The van der Waals surface area contributed by atoms with Crippen LogP contribution in [-0.2, 0) is 19.6 Å². The summed E-state index contributed by atoms with van der Waals surface area (Å²) in [5, 5.41) is 9.78. The van der Waals surface area contributed by atoms with E-state index in [1.165, 1.54) is 6.07 Å². The Balaban J connectivity index is 1.55. The van der Waals surface area contributed by atoms with E-state index >= 15 is 0 Å². The maximum atomic E-state index is 12.9. The van der Waals surface area contributed by atoms with E-state index in [4.69, 9.17) is 22.1 Å². The highest BCUT2D eigenvalue weighted by Crippen LogP contribution is 2.33. The van der Waals surface area contributed by atoms with E-state index in [1.54, 1.807) is 48.5 Å². The van der Waals surface area contributed by atoms with Gasteiger partial charge in [0.25, 0.3) is 15.9 Å². The molecule has 1 saturated heterocycles. The van der Waals surface area contributed by atoms with Crippen molar-refractivity contribution < 1.29 is 27.9 Å². The van der Waals surface area contributed by atoms with Gasteiger partial charge in [-0.3, -0.25) is 10.2 Å². The SMILES string of the molecule is O=C(O)COc1cccc(/C=C2/SC(=S)N(NC3=NS(=O)(=O)c4ccccc43)C2=O)c1. The number of carbonyl (C=O) groups is 2. The van der Waals surface area contributed by atoms with Gasteiger partial charge in [0.2, 0.25) is 0 Å². The number of hydrazine groups is 1. The lowest BCUT2D eigenvalue weighted by Crippen LogP contribution is -2.44. The average Bonchev–Trinajstić information content (AvgIpc) is 3.14. The standard InChI is InChI=1S/C19H13N3O6S3/c23-16(24)10-28-12-5-3-4-11(8-12)9-14-18(25)22(19(29)30-14)20-17-13-6-1-2-7-15(13)31(26,27)21-17/h1-9H,10H2,(H,20,21)(H,23,24)/b14-9+. The van der Waals surface area contributed by atoms with Crippen LogP contribution in [0.4, 0.5) is 0 Å². The first-order valence-corrected chi connectivity index (χ1v) is 11.3. The van der Waals surface area contributed by atoms with Gasteiger partial charge >= 0.3 is 5.97 Å². The molecule has 0 radical (unpaired) electrons. The zero-order chi connectivity index (χ0) is 22.2. The number of nitrogens with zero attached hydrogens (tertiary/aromatic N) is 2. The quantitative estimate of drug-likeness (QED) is 0.493. The Hall–Kier alpha value is -3.22. The van der Waals surface area contributed by atoms with Gasteiger partial charge in [-0.2, -0.15) is 13.4 Å². The molecule has 0 spiro atoms. The molecule has 2 aromatic carbocycles. The van der Waals surface area contributed by atoms with Crippen molar-refractivity contribution in [2.75, 3.05) is 6.61 Å². The Morgan fingerprint density at radius 1 is 1.26 bits per heavy atom. The molecule has 2 aliphatic rings. The third-order valence-electron chi connectivity index (χ3n) is 4.16. The molecule has 12 heteroatoms. The number of fused-ring (bicyclic) bond motifs is 1. The fraction of sp³-hybridized carbons (Fsp3) is 0.0526.